The van der Waals surface area contributed by atoms with Crippen molar-refractivity contribution in [3.8, 4) is 11.5 Å². The van der Waals surface area contributed by atoms with Crippen molar-refractivity contribution < 1.29 is 9.47 Å². The summed E-state index contributed by atoms with van der Waals surface area (Å²) in [6.07, 6.45) is 0. The molecule has 0 radical (unpaired) electrons. The molecule has 1 aromatic heterocycles. The van der Waals surface area contributed by atoms with E-state index in [0.29, 0.717) is 16.5 Å². The lowest BCUT2D eigenvalue weighted by Crippen LogP contribution is -2.13. The highest BCUT2D eigenvalue weighted by Crippen LogP contribution is 2.41. The van der Waals surface area contributed by atoms with Gasteiger partial charge in [-0.3, -0.25) is 0 Å². The van der Waals surface area contributed by atoms with Crippen molar-refractivity contribution in [3.63, 3.8) is 0 Å². The Morgan fingerprint density at radius 2 is 1.89 bits per heavy atom. The van der Waals surface area contributed by atoms with Gasteiger partial charge in [0.15, 0.2) is 0 Å². The van der Waals surface area contributed by atoms with Crippen molar-refractivity contribution in [1.29, 1.82) is 0 Å². The highest BCUT2D eigenvalue weighted by molar-refractivity contribution is 7.08. The predicted molar refractivity (Wildman–Crippen MR) is 79.6 cm³/mol. The summed E-state index contributed by atoms with van der Waals surface area (Å²) in [5.74, 6) is 1.15. The van der Waals surface area contributed by atoms with E-state index in [2.05, 4.69) is 10.8 Å². The maximum Gasteiger partial charge on any atom is 0.146 e. The monoisotopic (exact) mass is 297 g/mol. The largest absolute Gasteiger partial charge is 0.495 e. The van der Waals surface area contributed by atoms with E-state index >= 15 is 0 Å². The van der Waals surface area contributed by atoms with Crippen LogP contribution >= 0.6 is 22.9 Å². The molecule has 19 heavy (non-hydrogen) atoms. The van der Waals surface area contributed by atoms with Crippen molar-refractivity contribution in [2.45, 2.75) is 13.0 Å². The lowest BCUT2D eigenvalue weighted by atomic mass is 9.98. The molecule has 0 aliphatic rings. The van der Waals surface area contributed by atoms with E-state index in [9.17, 15) is 0 Å². The zero-order valence-corrected chi connectivity index (χ0v) is 12.6. The van der Waals surface area contributed by atoms with Gasteiger partial charge in [0.1, 0.15) is 16.5 Å². The lowest BCUT2D eigenvalue weighted by Gasteiger charge is -2.18. The van der Waals surface area contributed by atoms with Crippen LogP contribution in [0.3, 0.4) is 0 Å². The molecule has 0 saturated heterocycles. The van der Waals surface area contributed by atoms with Crippen LogP contribution in [-0.4, -0.2) is 14.2 Å². The summed E-state index contributed by atoms with van der Waals surface area (Å²) in [5, 5.41) is 4.58. The van der Waals surface area contributed by atoms with Gasteiger partial charge in [0.05, 0.1) is 20.3 Å². The minimum Gasteiger partial charge on any atom is -0.495 e. The van der Waals surface area contributed by atoms with Crippen LogP contribution in [-0.2, 0) is 0 Å². The number of halogens is 1. The Bertz CT molecular complexity index is 583. The van der Waals surface area contributed by atoms with Crippen LogP contribution in [0.5, 0.6) is 11.5 Å². The zero-order chi connectivity index (χ0) is 14.0. The first-order valence-corrected chi connectivity index (χ1v) is 7.10. The highest BCUT2D eigenvalue weighted by atomic mass is 35.5. The van der Waals surface area contributed by atoms with Gasteiger partial charge in [0, 0.05) is 5.56 Å². The average Bonchev–Trinajstić information content (AvgIpc) is 2.83. The fourth-order valence-electron chi connectivity index (χ4n) is 2.02. The molecule has 1 aromatic carbocycles. The van der Waals surface area contributed by atoms with E-state index in [1.807, 2.05) is 19.1 Å². The minimum absolute atomic E-state index is 0.260. The first-order chi connectivity index (χ1) is 9.10. The van der Waals surface area contributed by atoms with Crippen LogP contribution in [0.1, 0.15) is 22.7 Å². The molecule has 1 heterocycles. The van der Waals surface area contributed by atoms with Crippen LogP contribution in [0.25, 0.3) is 0 Å². The highest BCUT2D eigenvalue weighted by Gasteiger charge is 2.20. The van der Waals surface area contributed by atoms with Crippen LogP contribution in [0.15, 0.2) is 22.9 Å². The summed E-state index contributed by atoms with van der Waals surface area (Å²) in [6, 6.07) is 3.44. The summed E-state index contributed by atoms with van der Waals surface area (Å²) in [5.41, 5.74) is 9.44. The second kappa shape index (κ2) is 5.82. The molecule has 0 saturated carbocycles. The summed E-state index contributed by atoms with van der Waals surface area (Å²) in [6.45, 7) is 2.04. The van der Waals surface area contributed by atoms with E-state index in [1.54, 1.807) is 25.6 Å². The molecule has 0 bridgehead atoms. The van der Waals surface area contributed by atoms with E-state index in [-0.39, 0.29) is 6.04 Å². The van der Waals surface area contributed by atoms with E-state index in [4.69, 9.17) is 26.8 Å². The SMILES string of the molecule is COc1ccc(C(N)c2cscc2C)c(OC)c1Cl. The van der Waals surface area contributed by atoms with Crippen LogP contribution < -0.4 is 15.2 Å². The second-order valence-corrected chi connectivity index (χ2v) is 5.31. The Morgan fingerprint density at radius 3 is 2.42 bits per heavy atom. The molecule has 102 valence electrons. The smallest absolute Gasteiger partial charge is 0.146 e. The van der Waals surface area contributed by atoms with E-state index < -0.39 is 0 Å². The van der Waals surface area contributed by atoms with Crippen LogP contribution in [0.2, 0.25) is 5.02 Å². The van der Waals surface area contributed by atoms with Gasteiger partial charge in [-0.15, -0.1) is 0 Å². The van der Waals surface area contributed by atoms with Crippen molar-refractivity contribution in [1.82, 2.24) is 0 Å². The van der Waals surface area contributed by atoms with Crippen molar-refractivity contribution >= 4 is 22.9 Å². The third-order valence-corrected chi connectivity index (χ3v) is 4.32. The molecule has 0 aliphatic heterocycles. The number of hydrogen-bond acceptors (Lipinski definition) is 4. The molecule has 2 rings (SSSR count). The molecular weight excluding hydrogens is 282 g/mol. The standard InChI is InChI=1S/C14H16ClNO2S/c1-8-6-19-7-10(8)13(16)9-4-5-11(17-2)12(15)14(9)18-3/h4-7,13H,16H2,1-3H3. The van der Waals surface area contributed by atoms with Crippen LogP contribution in [0.4, 0.5) is 0 Å². The number of hydrogen-bond donors (Lipinski definition) is 1. The molecule has 3 nitrogen and oxygen atoms in total. The van der Waals surface area contributed by atoms with Crippen molar-refractivity contribution in [2.24, 2.45) is 5.73 Å². The Balaban J connectivity index is 2.51. The molecule has 2 N–H and O–H groups in total. The summed E-state index contributed by atoms with van der Waals surface area (Å²) < 4.78 is 10.6. The fourth-order valence-corrected chi connectivity index (χ4v) is 3.23. The van der Waals surface area contributed by atoms with Crippen molar-refractivity contribution in [2.75, 3.05) is 14.2 Å². The first kappa shape index (κ1) is 14.2. The predicted octanol–water partition coefficient (Wildman–Crippen LogP) is 3.78. The van der Waals surface area contributed by atoms with Gasteiger partial charge in [-0.2, -0.15) is 11.3 Å². The number of ether oxygens (including phenoxy) is 2. The number of methoxy groups -OCH3 is 2. The minimum atomic E-state index is -0.260. The third-order valence-electron chi connectivity index (χ3n) is 3.08. The number of nitrogens with two attached hydrogens (primary N) is 1. The fraction of sp³-hybridized carbons (Fsp3) is 0.286. The topological polar surface area (TPSA) is 44.5 Å². The Labute approximate surface area is 121 Å². The van der Waals surface area contributed by atoms with Crippen molar-refractivity contribution in [3.05, 3.63) is 44.6 Å². The Morgan fingerprint density at radius 1 is 1.16 bits per heavy atom. The molecule has 0 fully saturated rings. The number of benzene rings is 1. The molecule has 0 spiro atoms. The Hall–Kier alpha value is -1.23. The Kier molecular flexibility index (Phi) is 4.34. The average molecular weight is 298 g/mol. The molecule has 0 aliphatic carbocycles. The molecule has 2 aromatic rings. The van der Waals surface area contributed by atoms with Crippen LogP contribution in [0, 0.1) is 6.92 Å². The molecule has 1 unspecified atom stereocenters. The summed E-state index contributed by atoms with van der Waals surface area (Å²) in [7, 11) is 3.15. The van der Waals surface area contributed by atoms with Gasteiger partial charge < -0.3 is 15.2 Å². The van der Waals surface area contributed by atoms with Gasteiger partial charge >= 0.3 is 0 Å². The van der Waals surface area contributed by atoms with E-state index in [0.717, 1.165) is 11.1 Å². The third kappa shape index (κ3) is 2.56. The van der Waals surface area contributed by atoms with Gasteiger partial charge in [-0.05, 0) is 40.9 Å². The quantitative estimate of drug-likeness (QED) is 0.934. The molecule has 0 amide bonds. The summed E-state index contributed by atoms with van der Waals surface area (Å²) in [4.78, 5) is 0. The number of aryl methyl sites for hydroxylation is 1. The first-order valence-electron chi connectivity index (χ1n) is 5.78. The maximum atomic E-state index is 6.33. The van der Waals surface area contributed by atoms with E-state index in [1.165, 1.54) is 5.56 Å². The number of rotatable bonds is 4. The molecular formula is C14H16ClNO2S. The second-order valence-electron chi connectivity index (χ2n) is 4.19. The maximum absolute atomic E-state index is 6.33. The summed E-state index contributed by atoms with van der Waals surface area (Å²) >= 11 is 7.89. The number of thiophene rings is 1. The van der Waals surface area contributed by atoms with Gasteiger partial charge in [-0.1, -0.05) is 11.6 Å². The zero-order valence-electron chi connectivity index (χ0n) is 11.1. The molecule has 1 atom stereocenters. The lowest BCUT2D eigenvalue weighted by molar-refractivity contribution is 0.390. The van der Waals surface area contributed by atoms with Gasteiger partial charge in [-0.25, -0.2) is 0 Å². The van der Waals surface area contributed by atoms with Gasteiger partial charge in [0.25, 0.3) is 0 Å². The normalized spacial score (nSPS) is 12.3. The van der Waals surface area contributed by atoms with Gasteiger partial charge in [0.2, 0.25) is 0 Å². The molecule has 5 heteroatoms.